The van der Waals surface area contributed by atoms with Crippen molar-refractivity contribution < 1.29 is 5.11 Å². The molecule has 0 saturated carbocycles. The first-order chi connectivity index (χ1) is 3.79. The van der Waals surface area contributed by atoms with Gasteiger partial charge in [0.15, 0.2) is 7.85 Å². The molecule has 1 aromatic rings. The molecule has 0 spiro atoms. The Bertz CT molecular complexity index is 172. The third-order valence-corrected chi connectivity index (χ3v) is 0.874. The maximum absolute atomic E-state index is 8.70. The lowest BCUT2D eigenvalue weighted by molar-refractivity contribution is 0.455. The summed E-state index contributed by atoms with van der Waals surface area (Å²) in [5, 5.41) is 8.70. The smallest absolute Gasteiger partial charge is 0.210 e. The van der Waals surface area contributed by atoms with Gasteiger partial charge in [0.1, 0.15) is 0 Å². The van der Waals surface area contributed by atoms with Crippen LogP contribution in [0, 0.1) is 0 Å². The van der Waals surface area contributed by atoms with E-state index < -0.39 is 0 Å². The highest BCUT2D eigenvalue weighted by molar-refractivity contribution is 6.30. The van der Waals surface area contributed by atoms with E-state index in [1.54, 1.807) is 12.1 Å². The van der Waals surface area contributed by atoms with E-state index in [-0.39, 0.29) is 5.88 Å². The lowest BCUT2D eigenvalue weighted by atomic mass is 10.0. The number of hydrogen-bond donors (Lipinski definition) is 1. The Morgan fingerprint density at radius 2 is 2.25 bits per heavy atom. The fourth-order valence-electron chi connectivity index (χ4n) is 0.529. The second-order valence-corrected chi connectivity index (χ2v) is 1.64. The SMILES string of the molecule is Bc1cccc(O)n1. The van der Waals surface area contributed by atoms with Crippen LogP contribution in [-0.2, 0) is 0 Å². The summed E-state index contributed by atoms with van der Waals surface area (Å²) < 4.78 is 0. The predicted molar refractivity (Wildman–Crippen MR) is 34.1 cm³/mol. The molecule has 0 aromatic carbocycles. The molecule has 0 atom stereocenters. The van der Waals surface area contributed by atoms with Crippen molar-refractivity contribution in [2.75, 3.05) is 0 Å². The minimum absolute atomic E-state index is 0.0880. The van der Waals surface area contributed by atoms with Crippen LogP contribution >= 0.6 is 0 Å². The normalized spacial score (nSPS) is 9.00. The second kappa shape index (κ2) is 1.86. The zero-order chi connectivity index (χ0) is 5.98. The molecule has 1 aromatic heterocycles. The van der Waals surface area contributed by atoms with Crippen molar-refractivity contribution in [3.63, 3.8) is 0 Å². The van der Waals surface area contributed by atoms with Gasteiger partial charge in [-0.05, 0) is 5.59 Å². The highest BCUT2D eigenvalue weighted by atomic mass is 16.3. The Morgan fingerprint density at radius 3 is 2.62 bits per heavy atom. The van der Waals surface area contributed by atoms with Crippen molar-refractivity contribution in [3.8, 4) is 5.88 Å². The molecule has 8 heavy (non-hydrogen) atoms. The molecule has 0 unspecified atom stereocenters. The molecule has 2 nitrogen and oxygen atoms in total. The van der Waals surface area contributed by atoms with Gasteiger partial charge in [0.05, 0.1) is 0 Å². The van der Waals surface area contributed by atoms with Gasteiger partial charge in [-0.1, -0.05) is 12.1 Å². The number of rotatable bonds is 0. The fourth-order valence-corrected chi connectivity index (χ4v) is 0.529. The van der Waals surface area contributed by atoms with Crippen LogP contribution in [0.5, 0.6) is 5.88 Å². The Hall–Kier alpha value is -0.985. The van der Waals surface area contributed by atoms with Crippen LogP contribution in [0.2, 0.25) is 0 Å². The first-order valence-electron chi connectivity index (χ1n) is 2.41. The van der Waals surface area contributed by atoms with Gasteiger partial charge in [-0.2, -0.15) is 0 Å². The maximum Gasteiger partial charge on any atom is 0.210 e. The second-order valence-electron chi connectivity index (χ2n) is 1.64. The van der Waals surface area contributed by atoms with E-state index in [2.05, 4.69) is 4.98 Å². The Balaban J connectivity index is 3.08. The third-order valence-electron chi connectivity index (χ3n) is 0.874. The largest absolute Gasteiger partial charge is 0.493 e. The molecule has 0 amide bonds. The summed E-state index contributed by atoms with van der Waals surface area (Å²) in [5.74, 6) is 0.0880. The Kier molecular flexibility index (Phi) is 1.20. The van der Waals surface area contributed by atoms with E-state index in [9.17, 15) is 0 Å². The van der Waals surface area contributed by atoms with Crippen molar-refractivity contribution in [2.24, 2.45) is 0 Å². The molecule has 0 aliphatic carbocycles. The molecular formula is C5H6BNO. The van der Waals surface area contributed by atoms with Gasteiger partial charge in [0.25, 0.3) is 0 Å². The van der Waals surface area contributed by atoms with Crippen LogP contribution in [0.15, 0.2) is 18.2 Å². The molecule has 3 heteroatoms. The molecule has 0 aliphatic rings. The van der Waals surface area contributed by atoms with Crippen LogP contribution in [0.1, 0.15) is 0 Å². The first-order valence-corrected chi connectivity index (χ1v) is 2.41. The molecule has 1 heterocycles. The van der Waals surface area contributed by atoms with Crippen molar-refractivity contribution in [1.82, 2.24) is 4.98 Å². The third kappa shape index (κ3) is 0.995. The van der Waals surface area contributed by atoms with E-state index in [4.69, 9.17) is 5.11 Å². The maximum atomic E-state index is 8.70. The molecule has 1 rings (SSSR count). The standard InChI is InChI=1S/C5H6BNO/c6-4-2-1-3-5(8)7-4/h1-3H,6H2,(H,7,8). The average Bonchev–Trinajstić information content (AvgIpc) is 1.64. The summed E-state index contributed by atoms with van der Waals surface area (Å²) in [6.45, 7) is 0. The van der Waals surface area contributed by atoms with Gasteiger partial charge in [0, 0.05) is 6.07 Å². The van der Waals surface area contributed by atoms with E-state index in [1.807, 2.05) is 13.9 Å². The summed E-state index contributed by atoms with van der Waals surface area (Å²) in [6.07, 6.45) is 0. The molecule has 40 valence electrons. The lowest BCUT2D eigenvalue weighted by Gasteiger charge is -1.89. The summed E-state index contributed by atoms with van der Waals surface area (Å²) >= 11 is 0. The summed E-state index contributed by atoms with van der Waals surface area (Å²) in [4.78, 5) is 3.73. The van der Waals surface area contributed by atoms with Gasteiger partial charge in [-0.3, -0.25) is 0 Å². The van der Waals surface area contributed by atoms with Gasteiger partial charge in [-0.25, -0.2) is 4.98 Å². The van der Waals surface area contributed by atoms with Crippen molar-refractivity contribution in [1.29, 1.82) is 0 Å². The molecule has 1 N–H and O–H groups in total. The highest BCUT2D eigenvalue weighted by Crippen LogP contribution is 1.95. The van der Waals surface area contributed by atoms with E-state index >= 15 is 0 Å². The lowest BCUT2D eigenvalue weighted by Crippen LogP contribution is -2.05. The molecule has 0 bridgehead atoms. The summed E-state index contributed by atoms with van der Waals surface area (Å²) in [7, 11) is 1.83. The minimum Gasteiger partial charge on any atom is -0.493 e. The monoisotopic (exact) mass is 107 g/mol. The predicted octanol–water partition coefficient (Wildman–Crippen LogP) is -0.954. The fraction of sp³-hybridized carbons (Fsp3) is 0. The van der Waals surface area contributed by atoms with Crippen LogP contribution in [0.3, 0.4) is 0 Å². The zero-order valence-electron chi connectivity index (χ0n) is 4.63. The number of nitrogens with zero attached hydrogens (tertiary/aromatic N) is 1. The number of aromatic hydroxyl groups is 1. The topological polar surface area (TPSA) is 33.1 Å². The zero-order valence-corrected chi connectivity index (χ0v) is 4.63. The van der Waals surface area contributed by atoms with E-state index in [0.717, 1.165) is 5.59 Å². The number of hydrogen-bond acceptors (Lipinski definition) is 2. The molecule has 0 aliphatic heterocycles. The number of aromatic nitrogens is 1. The highest BCUT2D eigenvalue weighted by Gasteiger charge is 1.84. The Labute approximate surface area is 48.6 Å². The van der Waals surface area contributed by atoms with Crippen LogP contribution in [0.4, 0.5) is 0 Å². The summed E-state index contributed by atoms with van der Waals surface area (Å²) in [6, 6.07) is 5.14. The van der Waals surface area contributed by atoms with Crippen molar-refractivity contribution in [3.05, 3.63) is 18.2 Å². The van der Waals surface area contributed by atoms with Crippen LogP contribution in [-0.4, -0.2) is 17.9 Å². The summed E-state index contributed by atoms with van der Waals surface area (Å²) in [5.41, 5.74) is 0.838. The van der Waals surface area contributed by atoms with E-state index in [0.29, 0.717) is 0 Å². The first kappa shape index (κ1) is 5.16. The molecule has 0 fully saturated rings. The van der Waals surface area contributed by atoms with Gasteiger partial charge < -0.3 is 5.11 Å². The molecule has 0 saturated heterocycles. The average molecular weight is 107 g/mol. The van der Waals surface area contributed by atoms with E-state index in [1.165, 1.54) is 0 Å². The minimum atomic E-state index is 0.0880. The van der Waals surface area contributed by atoms with Crippen molar-refractivity contribution in [2.45, 2.75) is 0 Å². The van der Waals surface area contributed by atoms with Crippen molar-refractivity contribution >= 4 is 13.4 Å². The molecule has 0 radical (unpaired) electrons. The number of pyridine rings is 1. The molecular weight excluding hydrogens is 101 g/mol. The van der Waals surface area contributed by atoms with Crippen LogP contribution < -0.4 is 5.59 Å². The Morgan fingerprint density at radius 1 is 1.50 bits per heavy atom. The quantitative estimate of drug-likeness (QED) is 0.433. The van der Waals surface area contributed by atoms with Gasteiger partial charge >= 0.3 is 0 Å². The van der Waals surface area contributed by atoms with Gasteiger partial charge in [-0.15, -0.1) is 0 Å². The van der Waals surface area contributed by atoms with Gasteiger partial charge in [0.2, 0.25) is 5.88 Å². The van der Waals surface area contributed by atoms with Crippen LogP contribution in [0.25, 0.3) is 0 Å².